The number of nitrogens with one attached hydrogen (secondary N) is 1. The Labute approximate surface area is 123 Å². The third-order valence-corrected chi connectivity index (χ3v) is 3.92. The fourth-order valence-corrected chi connectivity index (χ4v) is 2.50. The maximum absolute atomic E-state index is 13.1. The Morgan fingerprint density at radius 2 is 2.20 bits per heavy atom. The van der Waals surface area contributed by atoms with Crippen LogP contribution >= 0.6 is 15.9 Å². The number of urea groups is 1. The molecule has 1 aromatic rings. The van der Waals surface area contributed by atoms with Gasteiger partial charge in [-0.05, 0) is 47.0 Å². The molecule has 1 aliphatic rings. The summed E-state index contributed by atoms with van der Waals surface area (Å²) in [6.45, 7) is 0.677. The first-order valence-corrected chi connectivity index (χ1v) is 7.00. The van der Waals surface area contributed by atoms with E-state index in [9.17, 15) is 14.0 Å². The number of nitrogens with zero attached hydrogens (tertiary/aromatic N) is 1. The van der Waals surface area contributed by atoms with Gasteiger partial charge in [-0.15, -0.1) is 0 Å². The van der Waals surface area contributed by atoms with Crippen LogP contribution in [0.25, 0.3) is 0 Å². The summed E-state index contributed by atoms with van der Waals surface area (Å²) >= 11 is 3.22. The van der Waals surface area contributed by atoms with E-state index in [0.29, 0.717) is 29.5 Å². The van der Waals surface area contributed by atoms with E-state index in [1.807, 2.05) is 0 Å². The zero-order chi connectivity index (χ0) is 14.7. The zero-order valence-corrected chi connectivity index (χ0v) is 12.2. The molecule has 1 unspecified atom stereocenters. The second kappa shape index (κ2) is 6.21. The molecular formula is C13H14BrFN2O3. The van der Waals surface area contributed by atoms with Crippen molar-refractivity contribution in [2.45, 2.75) is 12.8 Å². The van der Waals surface area contributed by atoms with Crippen LogP contribution in [0.4, 0.5) is 14.9 Å². The molecule has 0 spiro atoms. The first-order chi connectivity index (χ1) is 9.47. The van der Waals surface area contributed by atoms with Gasteiger partial charge in [0.25, 0.3) is 0 Å². The number of halogens is 2. The molecule has 1 saturated heterocycles. The standard InChI is InChI=1S/C13H14BrFN2O3/c14-10-4-3-9(15)6-11(10)16-13(20)17-5-1-2-8(7-17)12(18)19/h3-4,6,8H,1-2,5,7H2,(H,16,20)(H,18,19). The lowest BCUT2D eigenvalue weighted by Crippen LogP contribution is -2.44. The first-order valence-electron chi connectivity index (χ1n) is 6.21. The topological polar surface area (TPSA) is 69.6 Å². The van der Waals surface area contributed by atoms with Crippen molar-refractivity contribution in [3.8, 4) is 0 Å². The Bertz CT molecular complexity index is 538. The minimum Gasteiger partial charge on any atom is -0.481 e. The van der Waals surface area contributed by atoms with E-state index in [0.717, 1.165) is 0 Å². The van der Waals surface area contributed by atoms with Gasteiger partial charge in [0, 0.05) is 17.6 Å². The lowest BCUT2D eigenvalue weighted by molar-refractivity contribution is -0.143. The fraction of sp³-hybridized carbons (Fsp3) is 0.385. The molecule has 1 heterocycles. The van der Waals surface area contributed by atoms with Crippen molar-refractivity contribution in [1.29, 1.82) is 0 Å². The molecule has 2 rings (SSSR count). The van der Waals surface area contributed by atoms with Crippen molar-refractivity contribution >= 4 is 33.6 Å². The van der Waals surface area contributed by atoms with Gasteiger partial charge in [-0.25, -0.2) is 9.18 Å². The minimum absolute atomic E-state index is 0.175. The van der Waals surface area contributed by atoms with E-state index in [2.05, 4.69) is 21.2 Å². The van der Waals surface area contributed by atoms with Crippen LogP contribution in [0.15, 0.2) is 22.7 Å². The number of aliphatic carboxylic acids is 1. The first kappa shape index (κ1) is 14.8. The van der Waals surface area contributed by atoms with Crippen LogP contribution in [-0.4, -0.2) is 35.1 Å². The number of amides is 2. The van der Waals surface area contributed by atoms with Gasteiger partial charge in [0.1, 0.15) is 5.82 Å². The number of anilines is 1. The molecule has 2 amide bonds. The van der Waals surface area contributed by atoms with Gasteiger partial charge >= 0.3 is 12.0 Å². The third-order valence-electron chi connectivity index (χ3n) is 3.23. The number of hydrogen-bond donors (Lipinski definition) is 2. The van der Waals surface area contributed by atoms with Crippen LogP contribution in [0.3, 0.4) is 0 Å². The van der Waals surface area contributed by atoms with Gasteiger partial charge in [0.05, 0.1) is 11.6 Å². The Hall–Kier alpha value is -1.63. The molecule has 2 N–H and O–H groups in total. The average molecular weight is 345 g/mol. The number of hydrogen-bond acceptors (Lipinski definition) is 2. The number of benzene rings is 1. The van der Waals surface area contributed by atoms with Crippen LogP contribution in [0.1, 0.15) is 12.8 Å². The highest BCUT2D eigenvalue weighted by molar-refractivity contribution is 9.10. The van der Waals surface area contributed by atoms with E-state index >= 15 is 0 Å². The molecule has 1 aliphatic heterocycles. The van der Waals surface area contributed by atoms with Crippen LogP contribution in [0.5, 0.6) is 0 Å². The molecule has 5 nitrogen and oxygen atoms in total. The summed E-state index contributed by atoms with van der Waals surface area (Å²) < 4.78 is 13.7. The summed E-state index contributed by atoms with van der Waals surface area (Å²) in [5.74, 6) is -1.88. The van der Waals surface area contributed by atoms with Crippen molar-refractivity contribution in [2.24, 2.45) is 5.92 Å². The van der Waals surface area contributed by atoms with E-state index in [-0.39, 0.29) is 6.54 Å². The molecule has 0 saturated carbocycles. The molecule has 0 radical (unpaired) electrons. The molecule has 1 fully saturated rings. The second-order valence-electron chi connectivity index (χ2n) is 4.68. The Kier molecular flexibility index (Phi) is 4.59. The lowest BCUT2D eigenvalue weighted by Gasteiger charge is -2.30. The quantitative estimate of drug-likeness (QED) is 0.866. The predicted octanol–water partition coefficient (Wildman–Crippen LogP) is 2.92. The van der Waals surface area contributed by atoms with Crippen LogP contribution < -0.4 is 5.32 Å². The van der Waals surface area contributed by atoms with Gasteiger partial charge in [-0.2, -0.15) is 0 Å². The highest BCUT2D eigenvalue weighted by atomic mass is 79.9. The molecule has 0 aliphatic carbocycles. The minimum atomic E-state index is -0.894. The molecule has 20 heavy (non-hydrogen) atoms. The molecule has 0 aromatic heterocycles. The molecule has 1 aromatic carbocycles. The van der Waals surface area contributed by atoms with Gasteiger partial charge in [-0.1, -0.05) is 0 Å². The molecule has 1 atom stereocenters. The number of carboxylic acids is 1. The highest BCUT2D eigenvalue weighted by Crippen LogP contribution is 2.24. The summed E-state index contributed by atoms with van der Waals surface area (Å²) in [5, 5.41) is 11.6. The van der Waals surface area contributed by atoms with Gasteiger partial charge in [-0.3, -0.25) is 4.79 Å². The van der Waals surface area contributed by atoms with Crippen molar-refractivity contribution in [2.75, 3.05) is 18.4 Å². The SMILES string of the molecule is O=C(O)C1CCCN(C(=O)Nc2cc(F)ccc2Br)C1. The van der Waals surface area contributed by atoms with Crippen molar-refractivity contribution in [3.63, 3.8) is 0 Å². The fourth-order valence-electron chi connectivity index (χ4n) is 2.15. The summed E-state index contributed by atoms with van der Waals surface area (Å²) in [5.41, 5.74) is 0.326. The number of carbonyl (C=O) groups excluding carboxylic acids is 1. The van der Waals surface area contributed by atoms with E-state index in [4.69, 9.17) is 5.11 Å². The summed E-state index contributed by atoms with van der Waals surface area (Å²) in [7, 11) is 0. The van der Waals surface area contributed by atoms with E-state index in [1.165, 1.54) is 23.1 Å². The van der Waals surface area contributed by atoms with Crippen molar-refractivity contribution in [1.82, 2.24) is 4.90 Å². The summed E-state index contributed by atoms with van der Waals surface area (Å²) in [6, 6.07) is 3.57. The van der Waals surface area contributed by atoms with Gasteiger partial charge in [0.2, 0.25) is 0 Å². The van der Waals surface area contributed by atoms with Crippen LogP contribution in [-0.2, 0) is 4.79 Å². The molecule has 0 bridgehead atoms. The Balaban J connectivity index is 2.04. The smallest absolute Gasteiger partial charge is 0.321 e. The average Bonchev–Trinajstić information content (AvgIpc) is 2.43. The van der Waals surface area contributed by atoms with E-state index in [1.54, 1.807) is 0 Å². The van der Waals surface area contributed by atoms with Gasteiger partial charge in [0.15, 0.2) is 0 Å². The number of rotatable bonds is 2. The largest absolute Gasteiger partial charge is 0.481 e. The Morgan fingerprint density at radius 3 is 2.90 bits per heavy atom. The zero-order valence-electron chi connectivity index (χ0n) is 10.6. The van der Waals surface area contributed by atoms with Crippen LogP contribution in [0.2, 0.25) is 0 Å². The maximum Gasteiger partial charge on any atom is 0.321 e. The van der Waals surface area contributed by atoms with Crippen molar-refractivity contribution in [3.05, 3.63) is 28.5 Å². The maximum atomic E-state index is 13.1. The van der Waals surface area contributed by atoms with E-state index < -0.39 is 23.7 Å². The molecular weight excluding hydrogens is 331 g/mol. The predicted molar refractivity (Wildman–Crippen MR) is 75.1 cm³/mol. The van der Waals surface area contributed by atoms with Crippen LogP contribution in [0, 0.1) is 11.7 Å². The Morgan fingerprint density at radius 1 is 1.45 bits per heavy atom. The second-order valence-corrected chi connectivity index (χ2v) is 5.53. The monoisotopic (exact) mass is 344 g/mol. The highest BCUT2D eigenvalue weighted by Gasteiger charge is 2.28. The summed E-state index contributed by atoms with van der Waals surface area (Å²) in [4.78, 5) is 24.5. The number of carbonyl (C=O) groups is 2. The molecule has 108 valence electrons. The van der Waals surface area contributed by atoms with Gasteiger partial charge < -0.3 is 15.3 Å². The van der Waals surface area contributed by atoms with Crippen molar-refractivity contribution < 1.29 is 19.1 Å². The summed E-state index contributed by atoms with van der Waals surface area (Å²) in [6.07, 6.45) is 1.22. The number of piperidine rings is 1. The number of likely N-dealkylation sites (tertiary alicyclic amines) is 1. The normalized spacial score (nSPS) is 18.7. The third kappa shape index (κ3) is 3.47. The number of carboxylic acid groups (broad SMARTS) is 1. The molecule has 7 heteroatoms. The lowest BCUT2D eigenvalue weighted by atomic mass is 9.99.